The zero-order valence-corrected chi connectivity index (χ0v) is 18.2. The molecule has 1 N–H and O–H groups in total. The number of ether oxygens (including phenoxy) is 2. The number of aromatic amines is 1. The Labute approximate surface area is 181 Å². The maximum atomic E-state index is 6.13. The van der Waals surface area contributed by atoms with E-state index in [1.54, 1.807) is 0 Å². The van der Waals surface area contributed by atoms with Crippen molar-refractivity contribution in [2.75, 3.05) is 26.3 Å². The summed E-state index contributed by atoms with van der Waals surface area (Å²) in [6, 6.07) is 9.57. The maximum Gasteiger partial charge on any atom is 0.137 e. The molecule has 1 aromatic carbocycles. The molecule has 1 atom stereocenters. The molecule has 1 saturated heterocycles. The Balaban J connectivity index is 1.31. The van der Waals surface area contributed by atoms with Crippen molar-refractivity contribution >= 4 is 11.6 Å². The molecule has 30 heavy (non-hydrogen) atoms. The van der Waals surface area contributed by atoms with Crippen molar-refractivity contribution in [3.63, 3.8) is 0 Å². The summed E-state index contributed by atoms with van der Waals surface area (Å²) < 4.78 is 13.8. The Kier molecular flexibility index (Phi) is 6.72. The molecule has 1 aliphatic heterocycles. The van der Waals surface area contributed by atoms with Crippen LogP contribution >= 0.6 is 11.6 Å². The first-order chi connectivity index (χ1) is 14.6. The number of H-pyrrole nitrogens is 1. The molecule has 0 amide bonds. The van der Waals surface area contributed by atoms with Crippen LogP contribution in [0.25, 0.3) is 0 Å². The largest absolute Gasteiger partial charge is 0.492 e. The fourth-order valence-corrected chi connectivity index (χ4v) is 3.92. The van der Waals surface area contributed by atoms with Crippen LogP contribution in [-0.4, -0.2) is 51.2 Å². The monoisotopic (exact) mass is 429 g/mol. The molecule has 4 rings (SSSR count). The highest BCUT2D eigenvalue weighted by Crippen LogP contribution is 2.25. The quantitative estimate of drug-likeness (QED) is 0.590. The van der Waals surface area contributed by atoms with Crippen LogP contribution in [0.2, 0.25) is 5.02 Å². The van der Waals surface area contributed by atoms with Gasteiger partial charge in [0.15, 0.2) is 0 Å². The number of hydrogen-bond acceptors (Lipinski definition) is 5. The first-order valence-electron chi connectivity index (χ1n) is 10.4. The first-order valence-corrected chi connectivity index (χ1v) is 10.8. The van der Waals surface area contributed by atoms with Crippen molar-refractivity contribution in [2.45, 2.75) is 39.5 Å². The van der Waals surface area contributed by atoms with Crippen LogP contribution in [0.5, 0.6) is 5.75 Å². The van der Waals surface area contributed by atoms with Gasteiger partial charge in [-0.25, -0.2) is 0 Å². The third-order valence-corrected chi connectivity index (χ3v) is 5.81. The Morgan fingerprint density at radius 3 is 3.00 bits per heavy atom. The van der Waals surface area contributed by atoms with E-state index in [-0.39, 0.29) is 6.10 Å². The number of hydrogen-bond donors (Lipinski definition) is 1. The number of para-hydroxylation sites is 1. The molecule has 0 unspecified atom stereocenters. The lowest BCUT2D eigenvalue weighted by Crippen LogP contribution is -2.38. The molecule has 1 fully saturated rings. The van der Waals surface area contributed by atoms with Gasteiger partial charge < -0.3 is 9.47 Å². The van der Waals surface area contributed by atoms with Gasteiger partial charge in [0.2, 0.25) is 0 Å². The second kappa shape index (κ2) is 9.64. The fraction of sp³-hybridized carbons (Fsp3) is 0.455. The van der Waals surface area contributed by atoms with Crippen LogP contribution < -0.4 is 4.74 Å². The molecule has 160 valence electrons. The Hall–Kier alpha value is -2.35. The number of morpholine rings is 1. The van der Waals surface area contributed by atoms with Crippen LogP contribution in [0, 0.1) is 6.92 Å². The molecule has 1 aliphatic rings. The van der Waals surface area contributed by atoms with E-state index in [2.05, 4.69) is 40.1 Å². The lowest BCUT2D eigenvalue weighted by molar-refractivity contribution is -0.0350. The SMILES string of the molecule is CCn1ncc(CN2CCO[C@H](c3cc(CCOc4ccccc4Cl)[nH]n3)C2)c1C. The smallest absolute Gasteiger partial charge is 0.137 e. The second-order valence-corrected chi connectivity index (χ2v) is 7.92. The summed E-state index contributed by atoms with van der Waals surface area (Å²) in [5.41, 5.74) is 4.48. The number of nitrogens with zero attached hydrogens (tertiary/aromatic N) is 4. The molecule has 7 nitrogen and oxygen atoms in total. The van der Waals surface area contributed by atoms with E-state index >= 15 is 0 Å². The molecular weight excluding hydrogens is 402 g/mol. The topological polar surface area (TPSA) is 68.2 Å². The number of aryl methyl sites for hydroxylation is 1. The lowest BCUT2D eigenvalue weighted by atomic mass is 10.1. The summed E-state index contributed by atoms with van der Waals surface area (Å²) in [5.74, 6) is 0.701. The highest BCUT2D eigenvalue weighted by molar-refractivity contribution is 6.32. The van der Waals surface area contributed by atoms with Gasteiger partial charge in [0.1, 0.15) is 11.9 Å². The summed E-state index contributed by atoms with van der Waals surface area (Å²) in [5, 5.41) is 12.7. The van der Waals surface area contributed by atoms with Gasteiger partial charge in [0.05, 0.1) is 30.1 Å². The Morgan fingerprint density at radius 1 is 1.33 bits per heavy atom. The molecule has 3 aromatic rings. The van der Waals surface area contributed by atoms with E-state index in [0.29, 0.717) is 24.0 Å². The summed E-state index contributed by atoms with van der Waals surface area (Å²) in [7, 11) is 0. The third-order valence-electron chi connectivity index (χ3n) is 5.50. The van der Waals surface area contributed by atoms with Crippen LogP contribution in [0.1, 0.15) is 35.7 Å². The van der Waals surface area contributed by atoms with Gasteiger partial charge in [-0.2, -0.15) is 10.2 Å². The minimum absolute atomic E-state index is 0.0326. The fourth-order valence-electron chi connectivity index (χ4n) is 3.73. The molecule has 3 heterocycles. The van der Waals surface area contributed by atoms with Crippen LogP contribution in [-0.2, 0) is 24.2 Å². The maximum absolute atomic E-state index is 6.13. The van der Waals surface area contributed by atoms with E-state index in [0.717, 1.165) is 44.0 Å². The number of aromatic nitrogens is 4. The van der Waals surface area contributed by atoms with Gasteiger partial charge in [0, 0.05) is 49.6 Å². The van der Waals surface area contributed by atoms with Crippen LogP contribution in [0.3, 0.4) is 0 Å². The number of nitrogens with one attached hydrogen (secondary N) is 1. The van der Waals surface area contributed by atoms with E-state index in [1.165, 1.54) is 11.3 Å². The standard InChI is InChI=1S/C22H28ClN5O2/c1-3-28-16(2)17(13-24-28)14-27-9-11-30-22(15-27)20-12-18(25-26-20)8-10-29-21-7-5-4-6-19(21)23/h4-7,12-13,22H,3,8-11,14-15H2,1-2H3,(H,25,26)/t22-/m0/s1. The normalized spacial score (nSPS) is 17.4. The Bertz CT molecular complexity index is 970. The molecular formula is C22H28ClN5O2. The molecule has 0 aliphatic carbocycles. The van der Waals surface area contributed by atoms with Gasteiger partial charge in [-0.05, 0) is 32.0 Å². The molecule has 0 radical (unpaired) electrons. The van der Waals surface area contributed by atoms with Crippen LogP contribution in [0.15, 0.2) is 36.5 Å². The molecule has 0 saturated carbocycles. The summed E-state index contributed by atoms with van der Waals surface area (Å²) in [6.45, 7) is 8.99. The zero-order chi connectivity index (χ0) is 20.9. The number of benzene rings is 1. The highest BCUT2D eigenvalue weighted by Gasteiger charge is 2.25. The summed E-state index contributed by atoms with van der Waals surface area (Å²) in [6.07, 6.45) is 2.67. The van der Waals surface area contributed by atoms with Crippen molar-refractivity contribution in [3.8, 4) is 5.75 Å². The lowest BCUT2D eigenvalue weighted by Gasteiger charge is -2.32. The predicted octanol–water partition coefficient (Wildman–Crippen LogP) is 3.78. The van der Waals surface area contributed by atoms with Gasteiger partial charge in [-0.15, -0.1) is 0 Å². The molecule has 8 heteroatoms. The van der Waals surface area contributed by atoms with Crippen molar-refractivity contribution in [1.82, 2.24) is 24.9 Å². The van der Waals surface area contributed by atoms with Crippen LogP contribution in [0.4, 0.5) is 0 Å². The summed E-state index contributed by atoms with van der Waals surface area (Å²) >= 11 is 6.13. The molecule has 0 bridgehead atoms. The molecule has 0 spiro atoms. The first kappa shape index (κ1) is 20.9. The van der Waals surface area contributed by atoms with E-state index in [4.69, 9.17) is 21.1 Å². The summed E-state index contributed by atoms with van der Waals surface area (Å²) in [4.78, 5) is 2.41. The minimum atomic E-state index is -0.0326. The van der Waals surface area contributed by atoms with Crippen molar-refractivity contribution in [1.29, 1.82) is 0 Å². The molecule has 2 aromatic heterocycles. The average molecular weight is 430 g/mol. The van der Waals surface area contributed by atoms with E-state index in [9.17, 15) is 0 Å². The Morgan fingerprint density at radius 2 is 2.20 bits per heavy atom. The predicted molar refractivity (Wildman–Crippen MR) is 116 cm³/mol. The highest BCUT2D eigenvalue weighted by atomic mass is 35.5. The average Bonchev–Trinajstić information content (AvgIpc) is 3.37. The minimum Gasteiger partial charge on any atom is -0.492 e. The van der Waals surface area contributed by atoms with Crippen molar-refractivity contribution < 1.29 is 9.47 Å². The van der Waals surface area contributed by atoms with Crippen molar-refractivity contribution in [2.24, 2.45) is 0 Å². The van der Waals surface area contributed by atoms with Gasteiger partial charge in [-0.1, -0.05) is 23.7 Å². The third kappa shape index (κ3) is 4.86. The second-order valence-electron chi connectivity index (χ2n) is 7.51. The zero-order valence-electron chi connectivity index (χ0n) is 17.5. The number of halogens is 1. The van der Waals surface area contributed by atoms with Gasteiger partial charge in [-0.3, -0.25) is 14.7 Å². The van der Waals surface area contributed by atoms with Gasteiger partial charge >= 0.3 is 0 Å². The van der Waals surface area contributed by atoms with Crippen molar-refractivity contribution in [3.05, 3.63) is 64.2 Å². The van der Waals surface area contributed by atoms with E-state index < -0.39 is 0 Å². The van der Waals surface area contributed by atoms with E-state index in [1.807, 2.05) is 35.1 Å². The van der Waals surface area contributed by atoms with Gasteiger partial charge in [0.25, 0.3) is 0 Å². The number of rotatable bonds is 8.